The van der Waals surface area contributed by atoms with Crippen LogP contribution >= 0.6 is 0 Å². The van der Waals surface area contributed by atoms with Crippen molar-refractivity contribution < 1.29 is 4.79 Å². The average Bonchev–Trinajstić information content (AvgIpc) is 3.48. The zero-order valence-electron chi connectivity index (χ0n) is 17.3. The van der Waals surface area contributed by atoms with E-state index in [0.29, 0.717) is 23.4 Å². The van der Waals surface area contributed by atoms with E-state index in [2.05, 4.69) is 45.2 Å². The minimum Gasteiger partial charge on any atom is -0.352 e. The molecule has 1 atom stereocenters. The minimum absolute atomic E-state index is 0.00955. The molecule has 1 amide bonds. The molecule has 31 heavy (non-hydrogen) atoms. The van der Waals surface area contributed by atoms with Crippen LogP contribution in [0.15, 0.2) is 78.3 Å². The monoisotopic (exact) mass is 409 g/mol. The van der Waals surface area contributed by atoms with Crippen LogP contribution in [0.25, 0.3) is 5.69 Å². The fourth-order valence-electron chi connectivity index (χ4n) is 3.35. The number of nitrogens with zero attached hydrogens (tertiary/aromatic N) is 4. The Morgan fingerprint density at radius 1 is 1.16 bits per heavy atom. The van der Waals surface area contributed by atoms with E-state index in [-0.39, 0.29) is 11.3 Å². The van der Waals surface area contributed by atoms with Crippen molar-refractivity contribution in [3.05, 3.63) is 90.2 Å². The Morgan fingerprint density at radius 2 is 2.10 bits per heavy atom. The summed E-state index contributed by atoms with van der Waals surface area (Å²) in [6, 6.07) is 12.9. The van der Waals surface area contributed by atoms with Gasteiger partial charge in [-0.05, 0) is 55.2 Å². The molecule has 1 N–H and O–H groups in total. The van der Waals surface area contributed by atoms with Crippen molar-refractivity contribution in [3.63, 3.8) is 0 Å². The summed E-state index contributed by atoms with van der Waals surface area (Å²) in [4.78, 5) is 21.1. The first kappa shape index (κ1) is 20.3. The lowest BCUT2D eigenvalue weighted by Crippen LogP contribution is -2.26. The molecule has 0 saturated carbocycles. The van der Waals surface area contributed by atoms with Gasteiger partial charge in [0.2, 0.25) is 0 Å². The first-order valence-corrected chi connectivity index (χ1v) is 10.2. The van der Waals surface area contributed by atoms with Crippen molar-refractivity contribution in [3.8, 4) is 17.5 Å². The normalized spacial score (nSPS) is 16.7. The summed E-state index contributed by atoms with van der Waals surface area (Å²) in [6.07, 6.45) is 12.9. The van der Waals surface area contributed by atoms with E-state index >= 15 is 0 Å². The van der Waals surface area contributed by atoms with E-state index < -0.39 is 0 Å². The van der Waals surface area contributed by atoms with Gasteiger partial charge in [-0.3, -0.25) is 9.79 Å². The number of aromatic nitrogens is 3. The van der Waals surface area contributed by atoms with Crippen LogP contribution in [0.5, 0.6) is 0 Å². The molecular weight excluding hydrogens is 386 g/mol. The second kappa shape index (κ2) is 9.23. The molecule has 1 aromatic carbocycles. The molecule has 154 valence electrons. The number of carbonyl (C=O) groups is 1. The van der Waals surface area contributed by atoms with E-state index in [1.54, 1.807) is 29.2 Å². The van der Waals surface area contributed by atoms with Gasteiger partial charge in [0.15, 0.2) is 0 Å². The number of aliphatic imine (C=N–C) groups is 1. The van der Waals surface area contributed by atoms with Crippen molar-refractivity contribution in [1.82, 2.24) is 20.1 Å². The van der Waals surface area contributed by atoms with Crippen molar-refractivity contribution in [2.45, 2.75) is 19.8 Å². The minimum atomic E-state index is -0.117. The fourth-order valence-corrected chi connectivity index (χ4v) is 3.35. The van der Waals surface area contributed by atoms with Gasteiger partial charge in [0, 0.05) is 48.5 Å². The number of benzene rings is 1. The molecule has 3 heterocycles. The van der Waals surface area contributed by atoms with Crippen LogP contribution in [-0.4, -0.2) is 33.4 Å². The maximum absolute atomic E-state index is 12.7. The fraction of sp³-hybridized carbons (Fsp3) is 0.200. The van der Waals surface area contributed by atoms with Crippen LogP contribution in [0.4, 0.5) is 0 Å². The summed E-state index contributed by atoms with van der Waals surface area (Å²) in [5.74, 6) is 6.09. The third kappa shape index (κ3) is 5.14. The van der Waals surface area contributed by atoms with Gasteiger partial charge >= 0.3 is 0 Å². The molecule has 1 aliphatic rings. The smallest absolute Gasteiger partial charge is 0.251 e. The van der Waals surface area contributed by atoms with Gasteiger partial charge in [-0.2, -0.15) is 5.10 Å². The quantitative estimate of drug-likeness (QED) is 0.497. The molecular formula is C25H23N5O. The van der Waals surface area contributed by atoms with Gasteiger partial charge in [0.1, 0.15) is 5.69 Å². The van der Waals surface area contributed by atoms with Crippen molar-refractivity contribution >= 4 is 12.1 Å². The van der Waals surface area contributed by atoms with Gasteiger partial charge in [-0.25, -0.2) is 9.67 Å². The Morgan fingerprint density at radius 3 is 2.84 bits per heavy atom. The van der Waals surface area contributed by atoms with E-state index in [0.717, 1.165) is 18.5 Å². The van der Waals surface area contributed by atoms with E-state index in [1.165, 1.54) is 0 Å². The summed E-state index contributed by atoms with van der Waals surface area (Å²) in [5.41, 5.74) is 2.74. The highest BCUT2D eigenvalue weighted by Crippen LogP contribution is 2.25. The van der Waals surface area contributed by atoms with Gasteiger partial charge in [-0.15, -0.1) is 0 Å². The van der Waals surface area contributed by atoms with Crippen LogP contribution in [0.2, 0.25) is 0 Å². The number of amides is 1. The zero-order chi connectivity index (χ0) is 21.5. The Balaban J connectivity index is 1.49. The number of nitrogens with one attached hydrogen (secondary N) is 1. The Hall–Kier alpha value is -3.98. The zero-order valence-corrected chi connectivity index (χ0v) is 17.3. The lowest BCUT2D eigenvalue weighted by Gasteiger charge is -2.17. The molecule has 1 aliphatic heterocycles. The number of hydrogen-bond donors (Lipinski definition) is 1. The lowest BCUT2D eigenvalue weighted by molar-refractivity contribution is 0.0952. The highest BCUT2D eigenvalue weighted by molar-refractivity contribution is 5.95. The van der Waals surface area contributed by atoms with Gasteiger partial charge in [0.05, 0.1) is 11.3 Å². The third-order valence-corrected chi connectivity index (χ3v) is 5.09. The molecule has 0 spiro atoms. The van der Waals surface area contributed by atoms with E-state index in [9.17, 15) is 4.79 Å². The van der Waals surface area contributed by atoms with E-state index in [1.807, 2.05) is 48.9 Å². The molecule has 0 aliphatic carbocycles. The SMILES string of the molecule is CC1(CCCNC(=O)c2ccc(-n3cccn3)c(C#Cc3ccccn3)c2)C=CN=C1. The number of carbonyl (C=O) groups excluding carboxylic acids is 1. The van der Waals surface area contributed by atoms with Crippen LogP contribution in [0.1, 0.15) is 41.4 Å². The van der Waals surface area contributed by atoms with Crippen molar-refractivity contribution in [2.75, 3.05) is 6.54 Å². The van der Waals surface area contributed by atoms with Crippen LogP contribution in [0, 0.1) is 17.3 Å². The van der Waals surface area contributed by atoms with Gasteiger partial charge < -0.3 is 5.32 Å². The number of pyridine rings is 1. The predicted molar refractivity (Wildman–Crippen MR) is 121 cm³/mol. The average molecular weight is 409 g/mol. The molecule has 0 saturated heterocycles. The topological polar surface area (TPSA) is 72.2 Å². The summed E-state index contributed by atoms with van der Waals surface area (Å²) in [5, 5.41) is 7.30. The Kier molecular flexibility index (Phi) is 6.04. The summed E-state index contributed by atoms with van der Waals surface area (Å²) in [7, 11) is 0. The lowest BCUT2D eigenvalue weighted by atomic mass is 9.88. The maximum atomic E-state index is 12.7. The third-order valence-electron chi connectivity index (χ3n) is 5.09. The molecule has 6 heteroatoms. The second-order valence-corrected chi connectivity index (χ2v) is 7.61. The molecule has 1 unspecified atom stereocenters. The maximum Gasteiger partial charge on any atom is 0.251 e. The number of rotatable bonds is 6. The van der Waals surface area contributed by atoms with Crippen LogP contribution < -0.4 is 5.32 Å². The molecule has 0 bridgehead atoms. The second-order valence-electron chi connectivity index (χ2n) is 7.61. The first-order valence-electron chi connectivity index (χ1n) is 10.2. The standard InChI is InChI=1S/C25H23N5O/c1-25(12-16-26-19-25)11-4-14-28-24(31)21-8-10-23(30-17-5-15-29-30)20(18-21)7-9-22-6-2-3-13-27-22/h2-3,5-6,8,10,12-13,15-19H,4,11,14H2,1H3,(H,28,31). The van der Waals surface area contributed by atoms with Crippen molar-refractivity contribution in [1.29, 1.82) is 0 Å². The molecule has 2 aromatic heterocycles. The predicted octanol–water partition coefficient (Wildman–Crippen LogP) is 3.78. The van der Waals surface area contributed by atoms with Crippen molar-refractivity contribution in [2.24, 2.45) is 10.4 Å². The van der Waals surface area contributed by atoms with Crippen LogP contribution in [-0.2, 0) is 0 Å². The highest BCUT2D eigenvalue weighted by atomic mass is 16.1. The first-order chi connectivity index (χ1) is 15.1. The van der Waals surface area contributed by atoms with Gasteiger partial charge in [-0.1, -0.05) is 25.0 Å². The highest BCUT2D eigenvalue weighted by Gasteiger charge is 2.20. The molecule has 3 aromatic rings. The van der Waals surface area contributed by atoms with E-state index in [4.69, 9.17) is 0 Å². The van der Waals surface area contributed by atoms with Gasteiger partial charge in [0.25, 0.3) is 5.91 Å². The summed E-state index contributed by atoms with van der Waals surface area (Å²) < 4.78 is 1.74. The number of hydrogen-bond acceptors (Lipinski definition) is 4. The number of allylic oxidation sites excluding steroid dienone is 1. The summed E-state index contributed by atoms with van der Waals surface area (Å²) >= 11 is 0. The molecule has 0 radical (unpaired) electrons. The Labute approximate surface area is 181 Å². The van der Waals surface area contributed by atoms with Crippen LogP contribution in [0.3, 0.4) is 0 Å². The molecule has 4 rings (SSSR count). The largest absolute Gasteiger partial charge is 0.352 e. The molecule has 0 fully saturated rings. The Bertz CT molecular complexity index is 1160. The molecule has 6 nitrogen and oxygen atoms in total. The summed E-state index contributed by atoms with van der Waals surface area (Å²) in [6.45, 7) is 2.74.